The molecule has 0 saturated carbocycles. The summed E-state index contributed by atoms with van der Waals surface area (Å²) in [7, 11) is 2.26. The predicted octanol–water partition coefficient (Wildman–Crippen LogP) is 0.358. The molecule has 0 aromatic rings. The SMILES string of the molecule is CC(N)C1C2C(CN1C)C1CCN2CC1. The summed E-state index contributed by atoms with van der Waals surface area (Å²) in [6, 6.07) is 1.67. The van der Waals surface area contributed by atoms with E-state index in [-0.39, 0.29) is 0 Å². The van der Waals surface area contributed by atoms with Crippen LogP contribution in [-0.2, 0) is 0 Å². The van der Waals surface area contributed by atoms with Gasteiger partial charge in [-0.3, -0.25) is 9.80 Å². The zero-order valence-electron chi connectivity index (χ0n) is 9.89. The molecule has 4 fully saturated rings. The van der Waals surface area contributed by atoms with Crippen LogP contribution in [0.25, 0.3) is 0 Å². The van der Waals surface area contributed by atoms with Crippen LogP contribution in [0, 0.1) is 11.8 Å². The van der Waals surface area contributed by atoms with Crippen molar-refractivity contribution in [2.45, 2.75) is 37.9 Å². The van der Waals surface area contributed by atoms with Crippen LogP contribution in [0.3, 0.4) is 0 Å². The maximum absolute atomic E-state index is 6.16. The van der Waals surface area contributed by atoms with Gasteiger partial charge in [0.25, 0.3) is 0 Å². The van der Waals surface area contributed by atoms with Gasteiger partial charge in [0.05, 0.1) is 0 Å². The standard InChI is InChI=1S/C12H23N3/c1-8(13)11-12-10(7-14(11)2)9-3-5-15(12)6-4-9/h8-12H,3-7,13H2,1-2H3. The third-order valence-corrected chi connectivity index (χ3v) is 4.94. The van der Waals surface area contributed by atoms with Crippen molar-refractivity contribution in [1.29, 1.82) is 0 Å². The lowest BCUT2D eigenvalue weighted by Gasteiger charge is -2.50. The van der Waals surface area contributed by atoms with E-state index in [1.165, 1.54) is 32.5 Å². The molecule has 4 aliphatic heterocycles. The highest BCUT2D eigenvalue weighted by molar-refractivity contribution is 5.07. The Bertz CT molecular complexity index is 245. The molecule has 4 aliphatic rings. The predicted molar refractivity (Wildman–Crippen MR) is 61.6 cm³/mol. The average Bonchev–Trinajstić information content (AvgIpc) is 2.58. The summed E-state index contributed by atoms with van der Waals surface area (Å²) < 4.78 is 0. The van der Waals surface area contributed by atoms with Crippen LogP contribution < -0.4 is 5.73 Å². The molecule has 3 heteroatoms. The van der Waals surface area contributed by atoms with E-state index < -0.39 is 0 Å². The van der Waals surface area contributed by atoms with Gasteiger partial charge < -0.3 is 5.73 Å². The number of piperidine rings is 3. The molecular formula is C12H23N3. The third kappa shape index (κ3) is 1.37. The van der Waals surface area contributed by atoms with Gasteiger partial charge in [-0.1, -0.05) is 0 Å². The van der Waals surface area contributed by atoms with E-state index in [9.17, 15) is 0 Å². The van der Waals surface area contributed by atoms with E-state index in [4.69, 9.17) is 5.73 Å². The van der Waals surface area contributed by atoms with Crippen molar-refractivity contribution in [1.82, 2.24) is 9.80 Å². The fraction of sp³-hybridized carbons (Fsp3) is 1.00. The number of fused-ring (bicyclic) bond motifs is 2. The molecule has 2 bridgehead atoms. The number of rotatable bonds is 1. The summed E-state index contributed by atoms with van der Waals surface area (Å²) in [6.07, 6.45) is 2.86. The number of hydrogen-bond donors (Lipinski definition) is 1. The Kier molecular flexibility index (Phi) is 2.31. The van der Waals surface area contributed by atoms with Crippen LogP contribution in [-0.4, -0.2) is 54.6 Å². The van der Waals surface area contributed by atoms with Gasteiger partial charge in [-0.25, -0.2) is 0 Å². The Morgan fingerprint density at radius 2 is 1.93 bits per heavy atom. The molecule has 0 aliphatic carbocycles. The largest absolute Gasteiger partial charge is 0.326 e. The zero-order valence-corrected chi connectivity index (χ0v) is 9.89. The van der Waals surface area contributed by atoms with E-state index in [2.05, 4.69) is 23.8 Å². The van der Waals surface area contributed by atoms with E-state index in [1.807, 2.05) is 0 Å². The average molecular weight is 209 g/mol. The second kappa shape index (κ2) is 3.44. The van der Waals surface area contributed by atoms with Gasteiger partial charge in [-0.2, -0.15) is 0 Å². The maximum Gasteiger partial charge on any atom is 0.0400 e. The lowest BCUT2D eigenvalue weighted by molar-refractivity contribution is 0.00115. The molecule has 4 saturated heterocycles. The number of likely N-dealkylation sites (N-methyl/N-ethyl adjacent to an activating group) is 1. The molecule has 15 heavy (non-hydrogen) atoms. The molecule has 86 valence electrons. The highest BCUT2D eigenvalue weighted by Gasteiger charge is 2.52. The summed E-state index contributed by atoms with van der Waals surface area (Å²) in [5, 5.41) is 0. The Morgan fingerprint density at radius 3 is 2.53 bits per heavy atom. The lowest BCUT2D eigenvalue weighted by Crippen LogP contribution is -2.60. The van der Waals surface area contributed by atoms with Crippen molar-refractivity contribution in [3.8, 4) is 0 Å². The number of likely N-dealkylation sites (tertiary alicyclic amines) is 1. The first kappa shape index (κ1) is 10.1. The van der Waals surface area contributed by atoms with Crippen molar-refractivity contribution in [2.24, 2.45) is 17.6 Å². The van der Waals surface area contributed by atoms with E-state index in [0.717, 1.165) is 17.9 Å². The van der Waals surface area contributed by atoms with Gasteiger partial charge in [0, 0.05) is 24.7 Å². The minimum absolute atomic E-state index is 0.310. The second-order valence-electron chi connectivity index (χ2n) is 5.82. The first-order valence-electron chi connectivity index (χ1n) is 6.38. The van der Waals surface area contributed by atoms with Gasteiger partial charge in [0.15, 0.2) is 0 Å². The minimum atomic E-state index is 0.310. The van der Waals surface area contributed by atoms with Crippen molar-refractivity contribution in [3.05, 3.63) is 0 Å². The molecule has 4 atom stereocenters. The second-order valence-corrected chi connectivity index (χ2v) is 5.82. The first-order valence-corrected chi connectivity index (χ1v) is 6.38. The summed E-state index contributed by atoms with van der Waals surface area (Å²) in [6.45, 7) is 6.09. The van der Waals surface area contributed by atoms with Crippen LogP contribution >= 0.6 is 0 Å². The van der Waals surface area contributed by atoms with Crippen LogP contribution in [0.2, 0.25) is 0 Å². The van der Waals surface area contributed by atoms with Crippen LogP contribution in [0.15, 0.2) is 0 Å². The zero-order chi connectivity index (χ0) is 10.6. The highest BCUT2D eigenvalue weighted by Crippen LogP contribution is 2.43. The van der Waals surface area contributed by atoms with Gasteiger partial charge in [0.2, 0.25) is 0 Å². The van der Waals surface area contributed by atoms with Gasteiger partial charge in [0.1, 0.15) is 0 Å². The van der Waals surface area contributed by atoms with Gasteiger partial charge >= 0.3 is 0 Å². The highest BCUT2D eigenvalue weighted by atomic mass is 15.3. The Labute approximate surface area is 92.6 Å². The normalized spacial score (nSPS) is 51.8. The summed E-state index contributed by atoms with van der Waals surface area (Å²) in [4.78, 5) is 5.22. The molecule has 4 unspecified atom stereocenters. The van der Waals surface area contributed by atoms with E-state index >= 15 is 0 Å². The summed E-state index contributed by atoms with van der Waals surface area (Å²) in [5.41, 5.74) is 6.16. The van der Waals surface area contributed by atoms with Crippen molar-refractivity contribution in [3.63, 3.8) is 0 Å². The fourth-order valence-electron chi connectivity index (χ4n) is 4.35. The molecule has 2 N–H and O–H groups in total. The number of nitrogens with zero attached hydrogens (tertiary/aromatic N) is 2. The van der Waals surface area contributed by atoms with Crippen molar-refractivity contribution < 1.29 is 0 Å². The summed E-state index contributed by atoms with van der Waals surface area (Å²) in [5.74, 6) is 1.90. The number of nitrogens with two attached hydrogens (primary N) is 1. The lowest BCUT2D eigenvalue weighted by atomic mass is 9.73. The molecule has 0 aromatic carbocycles. The maximum atomic E-state index is 6.16. The Hall–Kier alpha value is -0.120. The molecule has 0 radical (unpaired) electrons. The third-order valence-electron chi connectivity index (χ3n) is 4.94. The molecule has 3 nitrogen and oxygen atoms in total. The monoisotopic (exact) mass is 209 g/mol. The first-order chi connectivity index (χ1) is 7.18. The molecule has 0 spiro atoms. The quantitative estimate of drug-likeness (QED) is 0.677. The van der Waals surface area contributed by atoms with Crippen LogP contribution in [0.1, 0.15) is 19.8 Å². The molecular weight excluding hydrogens is 186 g/mol. The van der Waals surface area contributed by atoms with Gasteiger partial charge in [-0.15, -0.1) is 0 Å². The molecule has 4 rings (SSSR count). The van der Waals surface area contributed by atoms with E-state index in [1.54, 1.807) is 0 Å². The van der Waals surface area contributed by atoms with Crippen molar-refractivity contribution >= 4 is 0 Å². The Morgan fingerprint density at radius 1 is 1.27 bits per heavy atom. The number of hydrogen-bond acceptors (Lipinski definition) is 3. The van der Waals surface area contributed by atoms with Crippen molar-refractivity contribution in [2.75, 3.05) is 26.7 Å². The fourth-order valence-corrected chi connectivity index (χ4v) is 4.35. The molecule has 0 aromatic heterocycles. The van der Waals surface area contributed by atoms with Crippen LogP contribution in [0.5, 0.6) is 0 Å². The Balaban J connectivity index is 1.88. The summed E-state index contributed by atoms with van der Waals surface area (Å²) >= 11 is 0. The minimum Gasteiger partial charge on any atom is -0.326 e. The molecule has 0 amide bonds. The van der Waals surface area contributed by atoms with Crippen LogP contribution in [0.4, 0.5) is 0 Å². The molecule has 4 heterocycles. The topological polar surface area (TPSA) is 32.5 Å². The van der Waals surface area contributed by atoms with E-state index in [0.29, 0.717) is 12.1 Å². The smallest absolute Gasteiger partial charge is 0.0400 e. The van der Waals surface area contributed by atoms with Gasteiger partial charge in [-0.05, 0) is 51.7 Å².